The molecule has 0 spiro atoms. The van der Waals surface area contributed by atoms with Gasteiger partial charge in [-0.3, -0.25) is 0 Å². The average Bonchev–Trinajstić information content (AvgIpc) is 2.00. The summed E-state index contributed by atoms with van der Waals surface area (Å²) in [6.07, 6.45) is -0.500. The first-order valence-electron chi connectivity index (χ1n) is 5.43. The Bertz CT molecular complexity index is 116. The molecule has 0 aromatic heterocycles. The van der Waals surface area contributed by atoms with Crippen molar-refractivity contribution in [1.29, 1.82) is 0 Å². The van der Waals surface area contributed by atoms with Gasteiger partial charge < -0.3 is 25.2 Å². The Labute approximate surface area is 126 Å². The predicted molar refractivity (Wildman–Crippen MR) is 70.8 cm³/mol. The molecule has 4 N–H and O–H groups in total. The Morgan fingerprint density at radius 2 is 0.889 bits per heavy atom. The summed E-state index contributed by atoms with van der Waals surface area (Å²) in [4.78, 5) is 0. The van der Waals surface area contributed by atoms with Crippen molar-refractivity contribution in [1.82, 2.24) is 0 Å². The fourth-order valence-electron chi connectivity index (χ4n) is 0. The van der Waals surface area contributed by atoms with E-state index in [0.29, 0.717) is 0 Å². The minimum absolute atomic E-state index is 0. The van der Waals surface area contributed by atoms with Crippen molar-refractivity contribution in [2.45, 2.75) is 59.9 Å². The second-order valence-electron chi connectivity index (χ2n) is 3.88. The standard InChI is InChI=1S/C3H6O2.3C3H8O.Ti/c1-3(4)5-2;3*1-3(2)4;/h4H,1H2,2H3;3*3-4H,1-2H3;. The van der Waals surface area contributed by atoms with Crippen molar-refractivity contribution in [3.05, 3.63) is 12.5 Å². The third-order valence-electron chi connectivity index (χ3n) is 0.236. The van der Waals surface area contributed by atoms with Gasteiger partial charge in [0, 0.05) is 40.0 Å². The van der Waals surface area contributed by atoms with Crippen molar-refractivity contribution < 1.29 is 46.9 Å². The third-order valence-corrected chi connectivity index (χ3v) is 0.236. The summed E-state index contributed by atoms with van der Waals surface area (Å²) in [7, 11) is 1.35. The van der Waals surface area contributed by atoms with Crippen LogP contribution in [0.4, 0.5) is 0 Å². The summed E-state index contributed by atoms with van der Waals surface area (Å²) in [6.45, 7) is 13.3. The summed E-state index contributed by atoms with van der Waals surface area (Å²) in [5.41, 5.74) is 0. The largest absolute Gasteiger partial charge is 0.481 e. The zero-order valence-electron chi connectivity index (χ0n) is 12.6. The molecule has 6 heteroatoms. The maximum Gasteiger partial charge on any atom is 0.268 e. The van der Waals surface area contributed by atoms with Crippen LogP contribution in [0.3, 0.4) is 0 Å². The fraction of sp³-hybridized carbons (Fsp3) is 0.833. The molecule has 0 rings (SSSR count). The van der Waals surface area contributed by atoms with Crippen LogP contribution in [0.1, 0.15) is 41.5 Å². The van der Waals surface area contributed by atoms with E-state index in [0.717, 1.165) is 0 Å². The van der Waals surface area contributed by atoms with Gasteiger partial charge in [0.25, 0.3) is 5.95 Å². The van der Waals surface area contributed by atoms with E-state index in [9.17, 15) is 0 Å². The molecule has 0 aliphatic rings. The van der Waals surface area contributed by atoms with Crippen molar-refractivity contribution >= 4 is 0 Å². The van der Waals surface area contributed by atoms with Gasteiger partial charge in [0.2, 0.25) is 0 Å². The van der Waals surface area contributed by atoms with Gasteiger partial charge in [0.05, 0.1) is 7.11 Å². The van der Waals surface area contributed by atoms with E-state index in [1.807, 2.05) is 0 Å². The third kappa shape index (κ3) is 950. The quantitative estimate of drug-likeness (QED) is 0.438. The minimum Gasteiger partial charge on any atom is -0.481 e. The van der Waals surface area contributed by atoms with E-state index in [1.54, 1.807) is 41.5 Å². The number of rotatable bonds is 1. The number of methoxy groups -OCH3 is 1. The Kier molecular flexibility index (Phi) is 43.9. The molecule has 0 aromatic carbocycles. The van der Waals surface area contributed by atoms with Gasteiger partial charge in [0.15, 0.2) is 0 Å². The van der Waals surface area contributed by atoms with Gasteiger partial charge in [-0.2, -0.15) is 0 Å². The van der Waals surface area contributed by atoms with Crippen LogP contribution in [0.15, 0.2) is 12.5 Å². The monoisotopic (exact) mass is 302 g/mol. The Morgan fingerprint density at radius 1 is 0.833 bits per heavy atom. The summed E-state index contributed by atoms with van der Waals surface area (Å²) in [5, 5.41) is 32.1. The van der Waals surface area contributed by atoms with Crippen LogP contribution in [0, 0.1) is 0 Å². The van der Waals surface area contributed by atoms with Crippen molar-refractivity contribution in [3.63, 3.8) is 0 Å². The number of hydrogen-bond donors (Lipinski definition) is 4. The minimum atomic E-state index is -0.245. The predicted octanol–water partition coefficient (Wildman–Crippen LogP) is 1.82. The molecule has 0 fully saturated rings. The molecule has 5 nitrogen and oxygen atoms in total. The normalized spacial score (nSPS) is 7.83. The molecule has 112 valence electrons. The molecule has 0 saturated carbocycles. The number of hydrogen-bond acceptors (Lipinski definition) is 5. The van der Waals surface area contributed by atoms with Gasteiger partial charge in [-0.25, -0.2) is 0 Å². The van der Waals surface area contributed by atoms with Gasteiger partial charge in [-0.05, 0) is 48.1 Å². The molecule has 0 atom stereocenters. The Morgan fingerprint density at radius 3 is 0.889 bits per heavy atom. The molecule has 0 aromatic rings. The molecule has 18 heavy (non-hydrogen) atoms. The summed E-state index contributed by atoms with van der Waals surface area (Å²) in [5.74, 6) is -0.245. The molecule has 0 amide bonds. The number of aliphatic hydroxyl groups excluding tert-OH is 4. The zero-order valence-corrected chi connectivity index (χ0v) is 14.2. The molecule has 0 radical (unpaired) electrons. The van der Waals surface area contributed by atoms with Crippen LogP contribution in [0.5, 0.6) is 0 Å². The number of aliphatic hydroxyl groups is 4. The second-order valence-corrected chi connectivity index (χ2v) is 3.88. The van der Waals surface area contributed by atoms with Crippen LogP contribution < -0.4 is 0 Å². The maximum absolute atomic E-state index is 8.06. The topological polar surface area (TPSA) is 90.2 Å². The molecule has 0 aliphatic carbocycles. The maximum atomic E-state index is 8.06. The molecule has 0 saturated heterocycles. The SMILES string of the molecule is C=C(O)OC.CC(C)O.CC(C)O.CC(C)O.[Ti]. The molecular weight excluding hydrogens is 272 g/mol. The van der Waals surface area contributed by atoms with Crippen LogP contribution in [-0.4, -0.2) is 45.8 Å². The zero-order chi connectivity index (χ0) is 15.0. The van der Waals surface area contributed by atoms with E-state index in [2.05, 4.69) is 11.3 Å². The van der Waals surface area contributed by atoms with Crippen LogP contribution >= 0.6 is 0 Å². The van der Waals surface area contributed by atoms with Crippen molar-refractivity contribution in [3.8, 4) is 0 Å². The molecule has 0 heterocycles. The van der Waals surface area contributed by atoms with Gasteiger partial charge >= 0.3 is 0 Å². The molecule has 0 unspecified atom stereocenters. The Hall–Kier alpha value is -0.0657. The first-order chi connectivity index (χ1) is 7.47. The van der Waals surface area contributed by atoms with E-state index in [-0.39, 0.29) is 46.0 Å². The van der Waals surface area contributed by atoms with Gasteiger partial charge in [-0.1, -0.05) is 0 Å². The molecule has 0 bridgehead atoms. The van der Waals surface area contributed by atoms with E-state index >= 15 is 0 Å². The number of ether oxygens (including phenoxy) is 1. The first-order valence-corrected chi connectivity index (χ1v) is 5.43. The van der Waals surface area contributed by atoms with Crippen LogP contribution in [0.2, 0.25) is 0 Å². The Balaban J connectivity index is -0.0000000412. The van der Waals surface area contributed by atoms with E-state index in [1.165, 1.54) is 7.11 Å². The van der Waals surface area contributed by atoms with Gasteiger partial charge in [-0.15, -0.1) is 0 Å². The first kappa shape index (κ1) is 30.7. The van der Waals surface area contributed by atoms with Gasteiger partial charge in [0.1, 0.15) is 0 Å². The van der Waals surface area contributed by atoms with Crippen LogP contribution in [0.25, 0.3) is 0 Å². The van der Waals surface area contributed by atoms with Crippen molar-refractivity contribution in [2.24, 2.45) is 0 Å². The smallest absolute Gasteiger partial charge is 0.268 e. The van der Waals surface area contributed by atoms with Crippen LogP contribution in [-0.2, 0) is 26.5 Å². The second kappa shape index (κ2) is 25.7. The summed E-state index contributed by atoms with van der Waals surface area (Å²) in [6, 6.07) is 0. The summed E-state index contributed by atoms with van der Waals surface area (Å²) < 4.78 is 4.11. The van der Waals surface area contributed by atoms with E-state index < -0.39 is 0 Å². The van der Waals surface area contributed by atoms with E-state index in [4.69, 9.17) is 20.4 Å². The fourth-order valence-corrected chi connectivity index (χ4v) is 0. The molecule has 0 aliphatic heterocycles. The summed E-state index contributed by atoms with van der Waals surface area (Å²) >= 11 is 0. The van der Waals surface area contributed by atoms with Crippen molar-refractivity contribution in [2.75, 3.05) is 7.11 Å². The molecular formula is C12H30O5Ti. The average molecular weight is 302 g/mol.